The summed E-state index contributed by atoms with van der Waals surface area (Å²) in [7, 11) is 0. The first-order chi connectivity index (χ1) is 19.8. The molecular formula is C31H32BrN3O5S. The summed E-state index contributed by atoms with van der Waals surface area (Å²) in [6, 6.07) is 19.3. The van der Waals surface area contributed by atoms with E-state index in [-0.39, 0.29) is 34.4 Å². The van der Waals surface area contributed by atoms with Crippen LogP contribution in [0, 0.1) is 11.8 Å². The van der Waals surface area contributed by atoms with E-state index in [1.165, 1.54) is 4.90 Å². The quantitative estimate of drug-likeness (QED) is 0.310. The number of rotatable bonds is 8. The van der Waals surface area contributed by atoms with Crippen molar-refractivity contribution in [3.05, 3.63) is 66.7 Å². The predicted octanol–water partition coefficient (Wildman–Crippen LogP) is 4.66. The van der Waals surface area contributed by atoms with Crippen LogP contribution in [0.4, 0.5) is 11.4 Å². The first-order valence-electron chi connectivity index (χ1n) is 13.9. The maximum Gasteiger partial charge on any atom is 0.248 e. The lowest BCUT2D eigenvalue weighted by atomic mass is 9.70. The highest BCUT2D eigenvalue weighted by Crippen LogP contribution is 2.68. The Morgan fingerprint density at radius 2 is 1.76 bits per heavy atom. The van der Waals surface area contributed by atoms with Gasteiger partial charge in [0.05, 0.1) is 35.8 Å². The van der Waals surface area contributed by atoms with Crippen LogP contribution in [0.3, 0.4) is 0 Å². The Morgan fingerprint density at radius 1 is 1.07 bits per heavy atom. The fourth-order valence-corrected chi connectivity index (χ4v) is 10.3. The van der Waals surface area contributed by atoms with Gasteiger partial charge in [0.1, 0.15) is 11.8 Å². The summed E-state index contributed by atoms with van der Waals surface area (Å²) in [4.78, 5) is 43.5. The summed E-state index contributed by atoms with van der Waals surface area (Å²) in [6.45, 7) is 3.90. The number of likely N-dealkylation sites (tertiary alicyclic amines) is 1. The monoisotopic (exact) mass is 637 g/mol. The number of halogens is 1. The Labute approximate surface area is 251 Å². The van der Waals surface area contributed by atoms with Crippen molar-refractivity contribution in [3.8, 4) is 5.75 Å². The van der Waals surface area contributed by atoms with Crippen LogP contribution in [0.1, 0.15) is 20.3 Å². The van der Waals surface area contributed by atoms with Crippen molar-refractivity contribution in [1.29, 1.82) is 0 Å². The van der Waals surface area contributed by atoms with Gasteiger partial charge >= 0.3 is 0 Å². The third kappa shape index (κ3) is 4.70. The SMILES string of the molecule is CCOc1ccc(NC(=O)[C@H]2[C@H]3C(=O)N([C@H](C)CO)C(C(=O)Nc4ccc5ccccc5c4)C34CC(Br)[C@@H]2S4)cc1. The number of nitrogens with one attached hydrogen (secondary N) is 2. The van der Waals surface area contributed by atoms with Crippen molar-refractivity contribution in [1.82, 2.24) is 4.90 Å². The van der Waals surface area contributed by atoms with Crippen molar-refractivity contribution < 1.29 is 24.2 Å². The Kier molecular flexibility index (Phi) is 7.50. The Bertz CT molecular complexity index is 1500. The molecule has 7 atom stereocenters. The number of alkyl halides is 1. The number of hydrogen-bond donors (Lipinski definition) is 3. The summed E-state index contributed by atoms with van der Waals surface area (Å²) in [5, 5.41) is 18.0. The summed E-state index contributed by atoms with van der Waals surface area (Å²) in [5.41, 5.74) is 1.25. The zero-order valence-electron chi connectivity index (χ0n) is 22.7. The molecular weight excluding hydrogens is 606 g/mol. The lowest BCUT2D eigenvalue weighted by molar-refractivity contribution is -0.140. The second kappa shape index (κ2) is 11.0. The van der Waals surface area contributed by atoms with E-state index in [1.807, 2.05) is 49.4 Å². The largest absolute Gasteiger partial charge is 0.494 e. The standard InChI is InChI=1S/C31H32BrN3O5S/c1-3-40-22-12-10-20(11-13-22)33-28(37)24-25-30(39)35(17(2)16-36)27(31(25)15-23(32)26(24)41-31)29(38)34-21-9-8-18-6-4-5-7-19(18)14-21/h4-14,17,23-27,36H,3,15-16H2,1-2H3,(H,33,37)(H,34,38)/t17-,23?,24+,25+,26+,27?,31?/m1/s1. The second-order valence-electron chi connectivity index (χ2n) is 10.9. The van der Waals surface area contributed by atoms with E-state index in [2.05, 4.69) is 26.6 Å². The molecule has 1 spiro atoms. The number of thioether (sulfide) groups is 1. The molecule has 3 heterocycles. The molecule has 0 aromatic heterocycles. The van der Waals surface area contributed by atoms with E-state index < -0.39 is 28.7 Å². The van der Waals surface area contributed by atoms with Crippen LogP contribution in [-0.2, 0) is 14.4 Å². The van der Waals surface area contributed by atoms with Crippen LogP contribution in [0.25, 0.3) is 10.8 Å². The maximum atomic E-state index is 14.1. The van der Waals surface area contributed by atoms with E-state index >= 15 is 0 Å². The van der Waals surface area contributed by atoms with Crippen molar-refractivity contribution in [2.75, 3.05) is 23.8 Å². The molecule has 41 heavy (non-hydrogen) atoms. The van der Waals surface area contributed by atoms with Crippen LogP contribution >= 0.6 is 27.7 Å². The topological polar surface area (TPSA) is 108 Å². The molecule has 3 unspecified atom stereocenters. The number of hydrogen-bond acceptors (Lipinski definition) is 6. The van der Waals surface area contributed by atoms with E-state index in [0.717, 1.165) is 10.8 Å². The lowest BCUT2D eigenvalue weighted by Gasteiger charge is -2.36. The van der Waals surface area contributed by atoms with Crippen LogP contribution in [0.15, 0.2) is 66.7 Å². The summed E-state index contributed by atoms with van der Waals surface area (Å²) in [5.74, 6) is -1.42. The fourth-order valence-electron chi connectivity index (χ4n) is 6.73. The maximum absolute atomic E-state index is 14.1. The summed E-state index contributed by atoms with van der Waals surface area (Å²) in [6.07, 6.45) is 0.566. The van der Waals surface area contributed by atoms with E-state index in [1.54, 1.807) is 43.0 Å². The molecule has 3 fully saturated rings. The molecule has 3 aliphatic rings. The highest BCUT2D eigenvalue weighted by molar-refractivity contribution is 9.09. The van der Waals surface area contributed by atoms with Gasteiger partial charge in [-0.25, -0.2) is 0 Å². The smallest absolute Gasteiger partial charge is 0.248 e. The number of fused-ring (bicyclic) bond motifs is 2. The molecule has 3 N–H and O–H groups in total. The molecule has 3 saturated heterocycles. The van der Waals surface area contributed by atoms with E-state index in [4.69, 9.17) is 4.74 Å². The molecule has 6 rings (SSSR count). The predicted molar refractivity (Wildman–Crippen MR) is 164 cm³/mol. The minimum atomic E-state index is -0.841. The van der Waals surface area contributed by atoms with Gasteiger partial charge in [0.15, 0.2) is 0 Å². The first kappa shape index (κ1) is 28.1. The number of aliphatic hydroxyl groups is 1. The number of aliphatic hydroxyl groups excluding tert-OH is 1. The summed E-state index contributed by atoms with van der Waals surface area (Å²) >= 11 is 5.35. The first-order valence-corrected chi connectivity index (χ1v) is 15.6. The number of carbonyl (C=O) groups is 3. The van der Waals surface area contributed by atoms with Gasteiger partial charge in [0.2, 0.25) is 17.7 Å². The highest BCUT2D eigenvalue weighted by Gasteiger charge is 2.76. The highest BCUT2D eigenvalue weighted by atomic mass is 79.9. The minimum absolute atomic E-state index is 0.0482. The Hall–Kier alpha value is -3.08. The van der Waals surface area contributed by atoms with Gasteiger partial charge < -0.3 is 25.4 Å². The molecule has 0 radical (unpaired) electrons. The van der Waals surface area contributed by atoms with Crippen LogP contribution in [-0.4, -0.2) is 67.8 Å². The Balaban J connectivity index is 1.31. The molecule has 3 aromatic carbocycles. The van der Waals surface area contributed by atoms with Gasteiger partial charge in [-0.2, -0.15) is 0 Å². The van der Waals surface area contributed by atoms with Crippen molar-refractivity contribution in [2.45, 2.75) is 47.2 Å². The van der Waals surface area contributed by atoms with Gasteiger partial charge in [0.25, 0.3) is 0 Å². The van der Waals surface area contributed by atoms with Crippen LogP contribution < -0.4 is 15.4 Å². The van der Waals surface area contributed by atoms with Crippen LogP contribution in [0.2, 0.25) is 0 Å². The molecule has 10 heteroatoms. The lowest BCUT2D eigenvalue weighted by Crippen LogP contribution is -2.54. The minimum Gasteiger partial charge on any atom is -0.494 e. The number of carbonyl (C=O) groups excluding carboxylic acids is 3. The van der Waals surface area contributed by atoms with Gasteiger partial charge in [-0.15, -0.1) is 11.8 Å². The van der Waals surface area contributed by atoms with Crippen molar-refractivity contribution in [2.24, 2.45) is 11.8 Å². The third-order valence-electron chi connectivity index (χ3n) is 8.47. The van der Waals surface area contributed by atoms with Gasteiger partial charge in [-0.05, 0) is 67.4 Å². The van der Waals surface area contributed by atoms with Crippen LogP contribution in [0.5, 0.6) is 5.75 Å². The zero-order valence-corrected chi connectivity index (χ0v) is 25.2. The van der Waals surface area contributed by atoms with Crippen molar-refractivity contribution >= 4 is 67.6 Å². The Morgan fingerprint density at radius 3 is 2.46 bits per heavy atom. The molecule has 3 amide bonds. The molecule has 2 bridgehead atoms. The molecule has 3 aromatic rings. The summed E-state index contributed by atoms with van der Waals surface area (Å²) < 4.78 is 4.70. The average molecular weight is 639 g/mol. The number of amides is 3. The second-order valence-corrected chi connectivity index (χ2v) is 13.7. The number of nitrogens with zero attached hydrogens (tertiary/aromatic N) is 1. The van der Waals surface area contributed by atoms with Crippen molar-refractivity contribution in [3.63, 3.8) is 0 Å². The number of ether oxygens (including phenoxy) is 1. The number of anilines is 2. The number of benzene rings is 3. The fraction of sp³-hybridized carbons (Fsp3) is 0.387. The van der Waals surface area contributed by atoms with Gasteiger partial charge in [0, 0.05) is 21.5 Å². The molecule has 0 aliphatic carbocycles. The van der Waals surface area contributed by atoms with E-state index in [9.17, 15) is 19.5 Å². The molecule has 3 aliphatic heterocycles. The average Bonchev–Trinajstić information content (AvgIpc) is 3.57. The van der Waals surface area contributed by atoms with Gasteiger partial charge in [-0.1, -0.05) is 46.3 Å². The molecule has 0 saturated carbocycles. The molecule has 8 nitrogen and oxygen atoms in total. The third-order valence-corrected chi connectivity index (χ3v) is 11.7. The zero-order chi connectivity index (χ0) is 28.9. The normalized spacial score (nSPS) is 28.9. The van der Waals surface area contributed by atoms with Gasteiger partial charge in [-0.3, -0.25) is 14.4 Å². The van der Waals surface area contributed by atoms with E-state index in [0.29, 0.717) is 30.2 Å². The molecule has 214 valence electrons.